The lowest BCUT2D eigenvalue weighted by Crippen LogP contribution is -2.49. The van der Waals surface area contributed by atoms with Crippen LogP contribution in [0.1, 0.15) is 19.3 Å². The molecule has 3 rings (SSSR count). The van der Waals surface area contributed by atoms with Gasteiger partial charge < -0.3 is 24.8 Å². The van der Waals surface area contributed by atoms with Crippen molar-refractivity contribution in [1.29, 1.82) is 0 Å². The first-order chi connectivity index (χ1) is 13.1. The highest BCUT2D eigenvalue weighted by Crippen LogP contribution is 2.29. The summed E-state index contributed by atoms with van der Waals surface area (Å²) in [5.74, 6) is 1.94. The molecule has 1 aromatic carbocycles. The number of likely N-dealkylation sites (N-methyl/N-ethyl adjacent to an activating group) is 1. The van der Waals surface area contributed by atoms with E-state index in [2.05, 4.69) is 41.3 Å². The monoisotopic (exact) mass is 374 g/mol. The number of anilines is 1. The number of ether oxygens (including phenoxy) is 1. The van der Waals surface area contributed by atoms with E-state index in [9.17, 15) is 4.79 Å². The zero-order valence-corrected chi connectivity index (χ0v) is 16.8. The van der Waals surface area contributed by atoms with Gasteiger partial charge in [-0.15, -0.1) is 0 Å². The van der Waals surface area contributed by atoms with E-state index in [1.54, 1.807) is 0 Å². The molecule has 0 bridgehead atoms. The topological polar surface area (TPSA) is 48.1 Å². The molecule has 2 aliphatic rings. The van der Waals surface area contributed by atoms with Crippen molar-refractivity contribution in [1.82, 2.24) is 15.1 Å². The van der Waals surface area contributed by atoms with E-state index in [1.165, 1.54) is 6.42 Å². The summed E-state index contributed by atoms with van der Waals surface area (Å²) in [6.45, 7) is 7.09. The van der Waals surface area contributed by atoms with Crippen molar-refractivity contribution >= 4 is 11.6 Å². The van der Waals surface area contributed by atoms with E-state index in [0.29, 0.717) is 24.9 Å². The van der Waals surface area contributed by atoms with Crippen LogP contribution in [0.5, 0.6) is 5.75 Å². The lowest BCUT2D eigenvalue weighted by molar-refractivity contribution is -0.131. The van der Waals surface area contributed by atoms with Crippen LogP contribution in [0.2, 0.25) is 0 Å². The van der Waals surface area contributed by atoms with Crippen LogP contribution in [0, 0.1) is 5.92 Å². The van der Waals surface area contributed by atoms with Crippen molar-refractivity contribution in [2.45, 2.75) is 19.3 Å². The molecule has 0 saturated carbocycles. The van der Waals surface area contributed by atoms with Gasteiger partial charge in [-0.05, 0) is 58.1 Å². The number of carbonyl (C=O) groups is 1. The van der Waals surface area contributed by atoms with Gasteiger partial charge >= 0.3 is 0 Å². The minimum atomic E-state index is 0.317. The van der Waals surface area contributed by atoms with Crippen LogP contribution in [0.15, 0.2) is 24.3 Å². The Morgan fingerprint density at radius 2 is 2.00 bits per heavy atom. The molecule has 1 amide bonds. The van der Waals surface area contributed by atoms with Crippen molar-refractivity contribution in [2.75, 3.05) is 71.4 Å². The number of rotatable bonds is 8. The molecule has 6 heteroatoms. The van der Waals surface area contributed by atoms with E-state index in [-0.39, 0.29) is 0 Å². The molecule has 0 aliphatic carbocycles. The molecule has 0 aromatic heterocycles. The standard InChI is InChI=1S/C21H34N4O2/c1-23(2)15-16-27-20-6-4-3-5-19(20)24-11-13-25(14-12-24)21(26)8-7-18-9-10-22-17-18/h3-6,18,22H,7-17H2,1-2H3. The van der Waals surface area contributed by atoms with Gasteiger partial charge in [0.15, 0.2) is 0 Å². The summed E-state index contributed by atoms with van der Waals surface area (Å²) in [6, 6.07) is 8.24. The summed E-state index contributed by atoms with van der Waals surface area (Å²) in [7, 11) is 4.10. The normalized spacial score (nSPS) is 20.3. The van der Waals surface area contributed by atoms with Gasteiger partial charge in [0.05, 0.1) is 5.69 Å². The Bertz CT molecular complexity index is 594. The van der Waals surface area contributed by atoms with Gasteiger partial charge in [-0.1, -0.05) is 12.1 Å². The Labute approximate surface area is 163 Å². The molecule has 0 radical (unpaired) electrons. The number of benzene rings is 1. The van der Waals surface area contributed by atoms with Crippen molar-refractivity contribution in [3.63, 3.8) is 0 Å². The fourth-order valence-corrected chi connectivity index (χ4v) is 3.82. The van der Waals surface area contributed by atoms with E-state index in [1.807, 2.05) is 17.0 Å². The van der Waals surface area contributed by atoms with E-state index in [4.69, 9.17) is 4.74 Å². The third-order valence-corrected chi connectivity index (χ3v) is 5.56. The van der Waals surface area contributed by atoms with E-state index < -0.39 is 0 Å². The Morgan fingerprint density at radius 1 is 1.22 bits per heavy atom. The Morgan fingerprint density at radius 3 is 2.70 bits per heavy atom. The molecule has 6 nitrogen and oxygen atoms in total. The van der Waals surface area contributed by atoms with Crippen LogP contribution in [0.4, 0.5) is 5.69 Å². The highest BCUT2D eigenvalue weighted by Gasteiger charge is 2.24. The predicted molar refractivity (Wildman–Crippen MR) is 109 cm³/mol. The lowest BCUT2D eigenvalue weighted by atomic mass is 10.0. The van der Waals surface area contributed by atoms with Crippen LogP contribution in [0.3, 0.4) is 0 Å². The van der Waals surface area contributed by atoms with Crippen LogP contribution in [-0.4, -0.2) is 82.2 Å². The fraction of sp³-hybridized carbons (Fsp3) is 0.667. The summed E-state index contributed by atoms with van der Waals surface area (Å²) in [6.07, 6.45) is 2.93. The zero-order chi connectivity index (χ0) is 19.1. The number of nitrogens with one attached hydrogen (secondary N) is 1. The van der Waals surface area contributed by atoms with E-state index in [0.717, 1.165) is 63.7 Å². The van der Waals surface area contributed by atoms with E-state index >= 15 is 0 Å². The van der Waals surface area contributed by atoms with Gasteiger partial charge in [-0.25, -0.2) is 0 Å². The van der Waals surface area contributed by atoms with Gasteiger partial charge in [0.1, 0.15) is 12.4 Å². The first-order valence-corrected chi connectivity index (χ1v) is 10.2. The molecule has 1 unspecified atom stereocenters. The second-order valence-corrected chi connectivity index (χ2v) is 7.88. The van der Waals surface area contributed by atoms with Gasteiger partial charge in [0.25, 0.3) is 0 Å². The molecule has 2 heterocycles. The minimum absolute atomic E-state index is 0.317. The van der Waals surface area contributed by atoms with Crippen LogP contribution >= 0.6 is 0 Å². The quantitative estimate of drug-likeness (QED) is 0.750. The first kappa shape index (κ1) is 20.0. The molecule has 0 spiro atoms. The molecule has 2 saturated heterocycles. The maximum Gasteiger partial charge on any atom is 0.222 e. The maximum absolute atomic E-state index is 12.5. The number of hydrogen-bond acceptors (Lipinski definition) is 5. The molecular weight excluding hydrogens is 340 g/mol. The average Bonchev–Trinajstić information content (AvgIpc) is 3.20. The molecule has 2 aliphatic heterocycles. The van der Waals surface area contributed by atoms with Gasteiger partial charge in [-0.2, -0.15) is 0 Å². The highest BCUT2D eigenvalue weighted by atomic mass is 16.5. The maximum atomic E-state index is 12.5. The van der Waals surface area contributed by atoms with Gasteiger partial charge in [-0.3, -0.25) is 4.79 Å². The van der Waals surface area contributed by atoms with Crippen molar-refractivity contribution in [3.05, 3.63) is 24.3 Å². The smallest absolute Gasteiger partial charge is 0.222 e. The third kappa shape index (κ3) is 5.84. The van der Waals surface area contributed by atoms with Gasteiger partial charge in [0.2, 0.25) is 5.91 Å². The SMILES string of the molecule is CN(C)CCOc1ccccc1N1CCN(C(=O)CCC2CCNC2)CC1. The molecule has 27 heavy (non-hydrogen) atoms. The number of piperazine rings is 1. The van der Waals surface area contributed by atoms with Gasteiger partial charge in [0, 0.05) is 39.1 Å². The molecule has 1 atom stereocenters. The summed E-state index contributed by atoms with van der Waals surface area (Å²) in [5, 5.41) is 3.38. The number of hydrogen-bond donors (Lipinski definition) is 1. The zero-order valence-electron chi connectivity index (χ0n) is 16.8. The summed E-state index contributed by atoms with van der Waals surface area (Å²) < 4.78 is 6.00. The Hall–Kier alpha value is -1.79. The first-order valence-electron chi connectivity index (χ1n) is 10.2. The summed E-state index contributed by atoms with van der Waals surface area (Å²) in [4.78, 5) is 19.0. The Kier molecular flexibility index (Phi) is 7.35. The van der Waals surface area contributed by atoms with Crippen LogP contribution in [0.25, 0.3) is 0 Å². The number of amides is 1. The van der Waals surface area contributed by atoms with Crippen molar-refractivity contribution in [3.8, 4) is 5.75 Å². The predicted octanol–water partition coefficient (Wildman–Crippen LogP) is 1.67. The number of nitrogens with zero attached hydrogens (tertiary/aromatic N) is 3. The summed E-state index contributed by atoms with van der Waals surface area (Å²) in [5.41, 5.74) is 1.14. The minimum Gasteiger partial charge on any atom is -0.490 e. The largest absolute Gasteiger partial charge is 0.490 e. The fourth-order valence-electron chi connectivity index (χ4n) is 3.82. The second-order valence-electron chi connectivity index (χ2n) is 7.88. The average molecular weight is 375 g/mol. The van der Waals surface area contributed by atoms with Crippen LogP contribution < -0.4 is 15.0 Å². The van der Waals surface area contributed by atoms with Crippen molar-refractivity contribution in [2.24, 2.45) is 5.92 Å². The van der Waals surface area contributed by atoms with Crippen LogP contribution in [-0.2, 0) is 4.79 Å². The molecule has 2 fully saturated rings. The third-order valence-electron chi connectivity index (χ3n) is 5.56. The molecule has 1 N–H and O–H groups in total. The molecule has 1 aromatic rings. The lowest BCUT2D eigenvalue weighted by Gasteiger charge is -2.37. The number of para-hydroxylation sites is 2. The second kappa shape index (κ2) is 9.95. The van der Waals surface area contributed by atoms with Crippen molar-refractivity contribution < 1.29 is 9.53 Å². The molecule has 150 valence electrons. The highest BCUT2D eigenvalue weighted by molar-refractivity contribution is 5.76. The molecular formula is C21H34N4O2. The number of carbonyl (C=O) groups excluding carboxylic acids is 1. The Balaban J connectivity index is 1.47. The summed E-state index contributed by atoms with van der Waals surface area (Å²) >= 11 is 0.